The highest BCUT2D eigenvalue weighted by molar-refractivity contribution is 5.81. The molecule has 1 unspecified atom stereocenters. The average Bonchev–Trinajstić information content (AvgIpc) is 2.89. The van der Waals surface area contributed by atoms with E-state index >= 15 is 0 Å². The summed E-state index contributed by atoms with van der Waals surface area (Å²) in [5, 5.41) is 2.50. The number of benzene rings is 2. The molecule has 0 aliphatic carbocycles. The van der Waals surface area contributed by atoms with Gasteiger partial charge in [0.1, 0.15) is 31.3 Å². The van der Waals surface area contributed by atoms with E-state index in [1.54, 1.807) is 24.3 Å². The maximum atomic E-state index is 12.2. The summed E-state index contributed by atoms with van der Waals surface area (Å²) in [7, 11) is 0. The van der Waals surface area contributed by atoms with Crippen LogP contribution in [0.3, 0.4) is 0 Å². The fourth-order valence-corrected chi connectivity index (χ4v) is 2.65. The largest absolute Gasteiger partial charge is 0.490 e. The Balaban J connectivity index is 1.85. The molecular weight excluding hydrogens is 454 g/mol. The lowest BCUT2D eigenvalue weighted by molar-refractivity contribution is -0.138. The molecule has 0 saturated carbocycles. The first-order valence-electron chi connectivity index (χ1n) is 10.9. The predicted octanol–water partition coefficient (Wildman–Crippen LogP) is 3.24. The Morgan fingerprint density at radius 2 is 1.37 bits per heavy atom. The average molecular weight is 484 g/mol. The summed E-state index contributed by atoms with van der Waals surface area (Å²) in [6, 6.07) is 16.4. The van der Waals surface area contributed by atoms with Crippen molar-refractivity contribution < 1.29 is 38.1 Å². The topological polar surface area (TPSA) is 109 Å². The third-order valence-electron chi connectivity index (χ3n) is 4.40. The maximum Gasteiger partial charge on any atom is 0.407 e. The second-order valence-corrected chi connectivity index (χ2v) is 7.03. The van der Waals surface area contributed by atoms with Gasteiger partial charge < -0.3 is 29.0 Å². The lowest BCUT2D eigenvalue weighted by Gasteiger charge is -2.19. The van der Waals surface area contributed by atoms with Crippen molar-refractivity contribution in [1.82, 2.24) is 5.32 Å². The molecule has 0 aromatic heterocycles. The van der Waals surface area contributed by atoms with E-state index in [9.17, 15) is 14.4 Å². The van der Waals surface area contributed by atoms with Gasteiger partial charge in [-0.1, -0.05) is 43.5 Å². The fraction of sp³-hybridized carbons (Fsp3) is 0.269. The van der Waals surface area contributed by atoms with Gasteiger partial charge >= 0.3 is 18.0 Å². The Morgan fingerprint density at radius 3 is 1.97 bits per heavy atom. The Morgan fingerprint density at radius 1 is 0.800 bits per heavy atom. The maximum absolute atomic E-state index is 12.2. The van der Waals surface area contributed by atoms with Gasteiger partial charge in [0, 0.05) is 18.6 Å². The molecule has 0 aliphatic rings. The lowest BCUT2D eigenvalue weighted by atomic mass is 10.1. The number of carbonyl (C=O) groups is 3. The van der Waals surface area contributed by atoms with Crippen LogP contribution in [0.2, 0.25) is 0 Å². The molecule has 1 atom stereocenters. The van der Waals surface area contributed by atoms with Gasteiger partial charge in [-0.05, 0) is 29.8 Å². The first-order valence-corrected chi connectivity index (χ1v) is 10.9. The zero-order valence-electron chi connectivity index (χ0n) is 19.4. The number of para-hydroxylation sites is 1. The molecule has 9 heteroatoms. The minimum Gasteiger partial charge on any atom is -0.490 e. The van der Waals surface area contributed by atoms with Crippen LogP contribution < -0.4 is 14.8 Å². The summed E-state index contributed by atoms with van der Waals surface area (Å²) in [6.45, 7) is 7.07. The van der Waals surface area contributed by atoms with E-state index in [0.717, 1.165) is 17.7 Å². The number of rotatable bonds is 15. The van der Waals surface area contributed by atoms with Crippen LogP contribution in [0, 0.1) is 0 Å². The molecule has 1 N–H and O–H groups in total. The summed E-state index contributed by atoms with van der Waals surface area (Å²) in [4.78, 5) is 34.3. The van der Waals surface area contributed by atoms with Gasteiger partial charge in [0.2, 0.25) is 0 Å². The van der Waals surface area contributed by atoms with Crippen molar-refractivity contribution in [2.75, 3.05) is 33.0 Å². The Kier molecular flexibility index (Phi) is 12.0. The van der Waals surface area contributed by atoms with Crippen molar-refractivity contribution in [2.24, 2.45) is 0 Å². The van der Waals surface area contributed by atoms with Crippen LogP contribution in [0.25, 0.3) is 0 Å². The predicted molar refractivity (Wildman–Crippen MR) is 128 cm³/mol. The fourth-order valence-electron chi connectivity index (χ4n) is 2.65. The molecule has 2 aromatic rings. The number of hydrogen-bond acceptors (Lipinski definition) is 8. The molecule has 0 saturated heterocycles. The smallest absolute Gasteiger partial charge is 0.407 e. The summed E-state index contributed by atoms with van der Waals surface area (Å²) in [6.07, 6.45) is 1.29. The van der Waals surface area contributed by atoms with E-state index in [2.05, 4.69) is 18.5 Å². The number of ether oxygens (including phenoxy) is 5. The first kappa shape index (κ1) is 27.0. The monoisotopic (exact) mass is 483 g/mol. The van der Waals surface area contributed by atoms with Crippen LogP contribution in [0.5, 0.6) is 11.5 Å². The minimum absolute atomic E-state index is 0.0131. The molecule has 35 heavy (non-hydrogen) atoms. The van der Waals surface area contributed by atoms with E-state index < -0.39 is 24.1 Å². The van der Waals surface area contributed by atoms with E-state index in [1.807, 2.05) is 30.3 Å². The highest BCUT2D eigenvalue weighted by atomic mass is 16.6. The third kappa shape index (κ3) is 11.4. The molecule has 0 bridgehead atoms. The van der Waals surface area contributed by atoms with Gasteiger partial charge in [0.05, 0.1) is 13.2 Å². The van der Waals surface area contributed by atoms with Gasteiger partial charge in [0.25, 0.3) is 0 Å². The summed E-state index contributed by atoms with van der Waals surface area (Å²) >= 11 is 0. The summed E-state index contributed by atoms with van der Waals surface area (Å²) in [5.74, 6) is 0.156. The molecule has 186 valence electrons. The van der Waals surface area contributed by atoms with Crippen LogP contribution >= 0.6 is 0 Å². The van der Waals surface area contributed by atoms with Crippen molar-refractivity contribution in [1.29, 1.82) is 0 Å². The number of carbonyl (C=O) groups excluding carboxylic acids is 3. The van der Waals surface area contributed by atoms with Crippen LogP contribution in [0.4, 0.5) is 4.79 Å². The van der Waals surface area contributed by atoms with Crippen molar-refractivity contribution in [3.63, 3.8) is 0 Å². The molecule has 0 fully saturated rings. The van der Waals surface area contributed by atoms with E-state index in [1.165, 1.54) is 0 Å². The minimum atomic E-state index is -0.719. The highest BCUT2D eigenvalue weighted by Gasteiger charge is 2.17. The van der Waals surface area contributed by atoms with E-state index in [-0.39, 0.29) is 33.0 Å². The molecule has 0 radical (unpaired) electrons. The first-order chi connectivity index (χ1) is 17.0. The SMILES string of the molecule is C=CC(=O)OCCNC(=O)OC(COc1ccccc1)COc1ccc(CCOC(=O)C=C)cc1. The number of hydrogen-bond donors (Lipinski definition) is 1. The van der Waals surface area contributed by atoms with E-state index in [4.69, 9.17) is 23.7 Å². The second kappa shape index (κ2) is 15.5. The van der Waals surface area contributed by atoms with Crippen molar-refractivity contribution in [2.45, 2.75) is 12.5 Å². The van der Waals surface area contributed by atoms with Crippen LogP contribution in [-0.2, 0) is 30.2 Å². The molecule has 2 rings (SSSR count). The summed E-state index contributed by atoms with van der Waals surface area (Å²) < 4.78 is 26.7. The van der Waals surface area contributed by atoms with E-state index in [0.29, 0.717) is 17.9 Å². The van der Waals surface area contributed by atoms with Crippen molar-refractivity contribution in [3.8, 4) is 11.5 Å². The zero-order valence-corrected chi connectivity index (χ0v) is 19.4. The van der Waals surface area contributed by atoms with Gasteiger partial charge in [-0.3, -0.25) is 0 Å². The van der Waals surface area contributed by atoms with Crippen LogP contribution in [0.1, 0.15) is 5.56 Å². The highest BCUT2D eigenvalue weighted by Crippen LogP contribution is 2.15. The number of alkyl carbamates (subject to hydrolysis) is 1. The molecule has 0 aliphatic heterocycles. The number of nitrogens with one attached hydrogen (secondary N) is 1. The Hall–Kier alpha value is -4.27. The Bertz CT molecular complexity index is 959. The molecule has 2 aromatic carbocycles. The van der Waals surface area contributed by atoms with Gasteiger partial charge in [-0.25, -0.2) is 14.4 Å². The second-order valence-electron chi connectivity index (χ2n) is 7.03. The van der Waals surface area contributed by atoms with Gasteiger partial charge in [-0.15, -0.1) is 0 Å². The molecule has 0 spiro atoms. The third-order valence-corrected chi connectivity index (χ3v) is 4.40. The van der Waals surface area contributed by atoms with Crippen molar-refractivity contribution >= 4 is 18.0 Å². The lowest BCUT2D eigenvalue weighted by Crippen LogP contribution is -2.37. The number of amides is 1. The Labute approximate surface area is 204 Å². The molecule has 1 amide bonds. The van der Waals surface area contributed by atoms with Crippen molar-refractivity contribution in [3.05, 3.63) is 85.5 Å². The number of esters is 2. The molecule has 9 nitrogen and oxygen atoms in total. The van der Waals surface area contributed by atoms with Gasteiger partial charge in [-0.2, -0.15) is 0 Å². The van der Waals surface area contributed by atoms with Crippen LogP contribution in [0.15, 0.2) is 79.9 Å². The standard InChI is InChI=1S/C26H29NO8/c1-3-24(28)31-16-14-20-10-12-22(13-11-20)34-19-23(18-33-21-8-6-5-7-9-21)35-26(30)27-15-17-32-25(29)4-2/h3-13,23H,1-2,14-19H2,(H,27,30). The normalized spacial score (nSPS) is 10.9. The zero-order chi connectivity index (χ0) is 25.3. The van der Waals surface area contributed by atoms with Crippen LogP contribution in [-0.4, -0.2) is 57.1 Å². The molecular formula is C26H29NO8. The quantitative estimate of drug-likeness (QED) is 0.178. The summed E-state index contributed by atoms with van der Waals surface area (Å²) in [5.41, 5.74) is 0.964. The molecule has 0 heterocycles. The van der Waals surface area contributed by atoms with Gasteiger partial charge in [0.15, 0.2) is 6.10 Å².